The molecular formula is C25H22N4O2S. The van der Waals surface area contributed by atoms with Crippen LogP contribution in [-0.4, -0.2) is 32.7 Å². The number of carbonyl (C=O) groups excluding carboxylic acids is 2. The molecule has 1 aliphatic rings. The van der Waals surface area contributed by atoms with Gasteiger partial charge < -0.3 is 4.90 Å². The highest BCUT2D eigenvalue weighted by Crippen LogP contribution is 2.33. The second-order valence-corrected chi connectivity index (χ2v) is 8.66. The van der Waals surface area contributed by atoms with Crippen LogP contribution in [0.4, 0.5) is 5.13 Å². The zero-order chi connectivity index (χ0) is 22.2. The van der Waals surface area contributed by atoms with E-state index < -0.39 is 6.04 Å². The van der Waals surface area contributed by atoms with Gasteiger partial charge in [0.15, 0.2) is 5.13 Å². The monoisotopic (exact) mass is 442 g/mol. The molecule has 1 N–H and O–H groups in total. The van der Waals surface area contributed by atoms with Crippen LogP contribution in [0, 0.1) is 0 Å². The van der Waals surface area contributed by atoms with E-state index in [4.69, 9.17) is 0 Å². The summed E-state index contributed by atoms with van der Waals surface area (Å²) in [6.45, 7) is 6.08. The molecule has 0 spiro atoms. The molecule has 1 aliphatic heterocycles. The second-order valence-electron chi connectivity index (χ2n) is 7.76. The van der Waals surface area contributed by atoms with Gasteiger partial charge in [0.2, 0.25) is 0 Å². The normalized spacial score (nSPS) is 13.8. The Labute approximate surface area is 190 Å². The maximum atomic E-state index is 13.4. The highest BCUT2D eigenvalue weighted by Gasteiger charge is 2.37. The highest BCUT2D eigenvalue weighted by molar-refractivity contribution is 7.13. The Bertz CT molecular complexity index is 1360. The first-order chi connectivity index (χ1) is 15.5. The second kappa shape index (κ2) is 8.01. The minimum absolute atomic E-state index is 0. The van der Waals surface area contributed by atoms with Gasteiger partial charge in [-0.25, -0.2) is 4.98 Å². The lowest BCUT2D eigenvalue weighted by atomic mass is 9.98. The van der Waals surface area contributed by atoms with Crippen molar-refractivity contribution >= 4 is 39.2 Å². The molecule has 1 atom stereocenters. The molecule has 2 aromatic carbocycles. The van der Waals surface area contributed by atoms with Crippen molar-refractivity contribution < 1.29 is 11.0 Å². The SMILES string of the molecule is C=C(C)[C@H](C(=O)Nc1nccs1)N1Cc2ccc(-c3cccc4cccnc34)cc2C1=O.[HH]. The van der Waals surface area contributed by atoms with Crippen LogP contribution in [0.5, 0.6) is 0 Å². The van der Waals surface area contributed by atoms with Crippen molar-refractivity contribution in [3.8, 4) is 11.1 Å². The summed E-state index contributed by atoms with van der Waals surface area (Å²) in [6.07, 6.45) is 3.39. The van der Waals surface area contributed by atoms with Crippen molar-refractivity contribution in [3.05, 3.63) is 89.6 Å². The molecule has 0 aliphatic carbocycles. The standard InChI is InChI=1S/C25H20N4O2S.H2/c1-15(2)22(23(30)28-25-27-11-12-32-25)29-14-18-9-8-17(13-20(18)24(29)31)19-7-3-5-16-6-4-10-26-21(16)19;/h3-13,22H,1,14H2,2H3,(H,27,28,30);1H/t22-;/m1./s1. The number of pyridine rings is 1. The Morgan fingerprint density at radius 2 is 2.00 bits per heavy atom. The van der Waals surface area contributed by atoms with E-state index in [-0.39, 0.29) is 13.2 Å². The molecule has 6 nitrogen and oxygen atoms in total. The molecule has 7 heteroatoms. The molecule has 0 saturated carbocycles. The molecule has 0 fully saturated rings. The molecule has 0 bridgehead atoms. The van der Waals surface area contributed by atoms with Gasteiger partial charge in [-0.05, 0) is 35.8 Å². The first-order valence-corrected chi connectivity index (χ1v) is 11.0. The van der Waals surface area contributed by atoms with Crippen molar-refractivity contribution in [3.63, 3.8) is 0 Å². The van der Waals surface area contributed by atoms with Crippen LogP contribution in [-0.2, 0) is 11.3 Å². The summed E-state index contributed by atoms with van der Waals surface area (Å²) in [5.41, 5.74) is 4.86. The van der Waals surface area contributed by atoms with Gasteiger partial charge >= 0.3 is 0 Å². The number of aromatic nitrogens is 2. The molecule has 4 aromatic rings. The lowest BCUT2D eigenvalue weighted by molar-refractivity contribution is -0.119. The van der Waals surface area contributed by atoms with E-state index in [1.165, 1.54) is 11.3 Å². The van der Waals surface area contributed by atoms with Crippen LogP contribution < -0.4 is 5.32 Å². The number of hydrogen-bond donors (Lipinski definition) is 1. The Balaban J connectivity index is 0.00000259. The number of fused-ring (bicyclic) bond motifs is 2. The molecule has 5 rings (SSSR count). The number of amides is 2. The number of carbonyl (C=O) groups is 2. The number of anilines is 1. The molecule has 2 aromatic heterocycles. The van der Waals surface area contributed by atoms with E-state index in [0.717, 1.165) is 27.6 Å². The van der Waals surface area contributed by atoms with Gasteiger partial charge in [0.1, 0.15) is 6.04 Å². The number of nitrogens with zero attached hydrogens (tertiary/aromatic N) is 3. The Hall–Kier alpha value is -3.84. The third-order valence-corrected chi connectivity index (χ3v) is 6.26. The summed E-state index contributed by atoms with van der Waals surface area (Å²) in [6, 6.07) is 15.0. The predicted molar refractivity (Wildman–Crippen MR) is 129 cm³/mol. The van der Waals surface area contributed by atoms with Crippen LogP contribution in [0.25, 0.3) is 22.0 Å². The maximum Gasteiger partial charge on any atom is 0.255 e. The largest absolute Gasteiger partial charge is 0.318 e. The lowest BCUT2D eigenvalue weighted by Gasteiger charge is -2.26. The van der Waals surface area contributed by atoms with E-state index >= 15 is 0 Å². The van der Waals surface area contributed by atoms with E-state index in [2.05, 4.69) is 21.9 Å². The highest BCUT2D eigenvalue weighted by atomic mass is 32.1. The molecule has 2 amide bonds. The molecule has 0 saturated heterocycles. The maximum absolute atomic E-state index is 13.4. The summed E-state index contributed by atoms with van der Waals surface area (Å²) in [4.78, 5) is 36.5. The fourth-order valence-electron chi connectivity index (χ4n) is 4.13. The summed E-state index contributed by atoms with van der Waals surface area (Å²) < 4.78 is 0. The zero-order valence-electron chi connectivity index (χ0n) is 17.4. The minimum atomic E-state index is -0.776. The van der Waals surface area contributed by atoms with Crippen LogP contribution in [0.15, 0.2) is 78.5 Å². The number of nitrogens with one attached hydrogen (secondary N) is 1. The third-order valence-electron chi connectivity index (χ3n) is 5.57. The number of thiazole rings is 1. The first kappa shape index (κ1) is 20.1. The fraction of sp³-hybridized carbons (Fsp3) is 0.120. The quantitative estimate of drug-likeness (QED) is 0.434. The number of rotatable bonds is 5. The summed E-state index contributed by atoms with van der Waals surface area (Å²) >= 11 is 1.33. The van der Waals surface area contributed by atoms with Crippen LogP contribution in [0.3, 0.4) is 0 Å². The molecule has 0 unspecified atom stereocenters. The van der Waals surface area contributed by atoms with E-state index in [9.17, 15) is 9.59 Å². The average molecular weight is 443 g/mol. The van der Waals surface area contributed by atoms with Gasteiger partial charge in [-0.3, -0.25) is 19.9 Å². The molecule has 160 valence electrons. The summed E-state index contributed by atoms with van der Waals surface area (Å²) in [5, 5.41) is 6.11. The summed E-state index contributed by atoms with van der Waals surface area (Å²) in [7, 11) is 0. The van der Waals surface area contributed by atoms with Crippen molar-refractivity contribution in [1.29, 1.82) is 0 Å². The van der Waals surface area contributed by atoms with Crippen LogP contribution >= 0.6 is 11.3 Å². The first-order valence-electron chi connectivity index (χ1n) is 10.2. The number of hydrogen-bond acceptors (Lipinski definition) is 5. The fourth-order valence-corrected chi connectivity index (χ4v) is 4.66. The Morgan fingerprint density at radius 3 is 2.78 bits per heavy atom. The van der Waals surface area contributed by atoms with Gasteiger partial charge in [0, 0.05) is 42.3 Å². The topological polar surface area (TPSA) is 75.2 Å². The average Bonchev–Trinajstić information content (AvgIpc) is 3.41. The number of benzene rings is 2. The molecule has 3 heterocycles. The Kier molecular flexibility index (Phi) is 5.03. The van der Waals surface area contributed by atoms with E-state index in [1.807, 2.05) is 48.5 Å². The number of para-hydroxylation sites is 1. The van der Waals surface area contributed by atoms with Gasteiger partial charge in [-0.15, -0.1) is 11.3 Å². The van der Waals surface area contributed by atoms with Crippen molar-refractivity contribution in [2.45, 2.75) is 19.5 Å². The zero-order valence-corrected chi connectivity index (χ0v) is 18.2. The van der Waals surface area contributed by atoms with Crippen molar-refractivity contribution in [2.24, 2.45) is 0 Å². The molecule has 32 heavy (non-hydrogen) atoms. The molecular weight excluding hydrogens is 420 g/mol. The minimum Gasteiger partial charge on any atom is -0.318 e. The smallest absolute Gasteiger partial charge is 0.255 e. The van der Waals surface area contributed by atoms with Gasteiger partial charge in [-0.2, -0.15) is 0 Å². The van der Waals surface area contributed by atoms with E-state index in [0.29, 0.717) is 22.8 Å². The predicted octanol–water partition coefficient (Wildman–Crippen LogP) is 5.14. The van der Waals surface area contributed by atoms with Gasteiger partial charge in [0.25, 0.3) is 11.8 Å². The van der Waals surface area contributed by atoms with Crippen molar-refractivity contribution in [1.82, 2.24) is 14.9 Å². The van der Waals surface area contributed by atoms with Crippen LogP contribution in [0.2, 0.25) is 0 Å². The van der Waals surface area contributed by atoms with Gasteiger partial charge in [0.05, 0.1) is 5.52 Å². The van der Waals surface area contributed by atoms with E-state index in [1.54, 1.807) is 29.6 Å². The molecule has 0 radical (unpaired) electrons. The third kappa shape index (κ3) is 3.46. The van der Waals surface area contributed by atoms with Crippen LogP contribution in [0.1, 0.15) is 24.3 Å². The Morgan fingerprint density at radius 1 is 1.16 bits per heavy atom. The summed E-state index contributed by atoms with van der Waals surface area (Å²) in [5.74, 6) is -0.496. The van der Waals surface area contributed by atoms with Crippen molar-refractivity contribution in [2.75, 3.05) is 5.32 Å². The lowest BCUT2D eigenvalue weighted by Crippen LogP contribution is -2.44. The van der Waals surface area contributed by atoms with Gasteiger partial charge in [-0.1, -0.05) is 43.0 Å².